The molecule has 0 saturated carbocycles. The number of hydrogen-bond acceptors (Lipinski definition) is 5. The number of carbonyl (C=O) groups is 2. The molecule has 1 aromatic rings. The van der Waals surface area contributed by atoms with E-state index in [1.54, 1.807) is 0 Å². The summed E-state index contributed by atoms with van der Waals surface area (Å²) in [5, 5.41) is 19.3. The van der Waals surface area contributed by atoms with Crippen molar-refractivity contribution in [2.45, 2.75) is 0 Å². The zero-order chi connectivity index (χ0) is 14.6. The molecule has 8 nitrogen and oxygen atoms in total. The van der Waals surface area contributed by atoms with E-state index in [1.807, 2.05) is 0 Å². The Balaban J connectivity index is 3.05. The van der Waals surface area contributed by atoms with Gasteiger partial charge in [0.2, 0.25) is 0 Å². The van der Waals surface area contributed by atoms with Gasteiger partial charge in [-0.25, -0.2) is 0 Å². The van der Waals surface area contributed by atoms with E-state index in [9.17, 15) is 19.7 Å². The van der Waals surface area contributed by atoms with E-state index < -0.39 is 23.3 Å². The van der Waals surface area contributed by atoms with Crippen LogP contribution in [0.15, 0.2) is 18.2 Å². The van der Waals surface area contributed by atoms with Crippen LogP contribution < -0.4 is 4.74 Å². The Morgan fingerprint density at radius 2 is 2.11 bits per heavy atom. The molecule has 0 unspecified atom stereocenters. The van der Waals surface area contributed by atoms with Crippen molar-refractivity contribution in [3.8, 4) is 5.75 Å². The van der Waals surface area contributed by atoms with Crippen LogP contribution in [0, 0.1) is 10.1 Å². The first kappa shape index (κ1) is 14.4. The molecule has 1 aromatic carbocycles. The third kappa shape index (κ3) is 3.41. The quantitative estimate of drug-likeness (QED) is 0.623. The first-order valence-electron chi connectivity index (χ1n) is 5.16. The largest absolute Gasteiger partial charge is 0.490 e. The molecular formula is C11H12N2O6. The van der Waals surface area contributed by atoms with Crippen molar-refractivity contribution in [2.24, 2.45) is 0 Å². The minimum Gasteiger partial charge on any atom is -0.490 e. The highest BCUT2D eigenvalue weighted by Gasteiger charge is 2.20. The van der Waals surface area contributed by atoms with Crippen molar-refractivity contribution in [1.29, 1.82) is 0 Å². The van der Waals surface area contributed by atoms with Gasteiger partial charge in [-0.2, -0.15) is 0 Å². The van der Waals surface area contributed by atoms with Crippen LogP contribution in [0.3, 0.4) is 0 Å². The fourth-order valence-corrected chi connectivity index (χ4v) is 1.46. The molecule has 1 N–H and O–H groups in total. The third-order valence-corrected chi connectivity index (χ3v) is 2.34. The molecule has 0 radical (unpaired) electrons. The Hall–Kier alpha value is -2.64. The molecule has 0 aliphatic rings. The maximum Gasteiger partial charge on any atom is 0.323 e. The number of amides is 1. The number of carboxylic acid groups (broad SMARTS) is 1. The molecule has 0 saturated heterocycles. The second-order valence-corrected chi connectivity index (χ2v) is 3.70. The molecule has 1 amide bonds. The molecule has 0 spiro atoms. The number of rotatable bonds is 5. The zero-order valence-corrected chi connectivity index (χ0v) is 10.3. The van der Waals surface area contributed by atoms with Gasteiger partial charge in [0.15, 0.2) is 5.75 Å². The van der Waals surface area contributed by atoms with E-state index >= 15 is 0 Å². The predicted molar refractivity (Wildman–Crippen MR) is 64.2 cm³/mol. The van der Waals surface area contributed by atoms with Crippen LogP contribution in [0.1, 0.15) is 10.4 Å². The summed E-state index contributed by atoms with van der Waals surface area (Å²) < 4.78 is 4.83. The molecule has 0 bridgehead atoms. The minimum absolute atomic E-state index is 0.0559. The van der Waals surface area contributed by atoms with Crippen molar-refractivity contribution in [3.05, 3.63) is 33.9 Å². The second-order valence-electron chi connectivity index (χ2n) is 3.70. The van der Waals surface area contributed by atoms with E-state index in [0.29, 0.717) is 0 Å². The predicted octanol–water partition coefficient (Wildman–Crippen LogP) is 0.760. The highest BCUT2D eigenvalue weighted by Crippen LogP contribution is 2.27. The summed E-state index contributed by atoms with van der Waals surface area (Å²) in [6.07, 6.45) is 0. The van der Waals surface area contributed by atoms with Gasteiger partial charge in [-0.3, -0.25) is 19.7 Å². The molecule has 0 aromatic heterocycles. The number of aliphatic carboxylic acids is 1. The lowest BCUT2D eigenvalue weighted by molar-refractivity contribution is -0.385. The first-order valence-corrected chi connectivity index (χ1v) is 5.16. The van der Waals surface area contributed by atoms with Gasteiger partial charge in [-0.1, -0.05) is 0 Å². The van der Waals surface area contributed by atoms with Crippen LogP contribution in [0.4, 0.5) is 5.69 Å². The lowest BCUT2D eigenvalue weighted by atomic mass is 10.1. The maximum absolute atomic E-state index is 11.9. The normalized spacial score (nSPS) is 9.79. The van der Waals surface area contributed by atoms with Crippen LogP contribution in [0.5, 0.6) is 5.75 Å². The summed E-state index contributed by atoms with van der Waals surface area (Å²) in [5.74, 6) is -1.76. The molecule has 8 heteroatoms. The number of carboxylic acids is 1. The van der Waals surface area contributed by atoms with Gasteiger partial charge in [-0.15, -0.1) is 0 Å². The van der Waals surface area contributed by atoms with E-state index in [2.05, 4.69) is 0 Å². The number of carbonyl (C=O) groups excluding carboxylic acids is 1. The van der Waals surface area contributed by atoms with Crippen LogP contribution in [0.2, 0.25) is 0 Å². The number of ether oxygens (including phenoxy) is 1. The Morgan fingerprint density at radius 3 is 2.58 bits per heavy atom. The fraction of sp³-hybridized carbons (Fsp3) is 0.273. The standard InChI is InChI=1S/C11H12N2O6/c1-12(6-10(14)15)11(16)7-3-4-8(13(17)18)9(5-7)19-2/h3-5H,6H2,1-2H3,(H,14,15). The van der Waals surface area contributed by atoms with Crippen LogP contribution in [-0.4, -0.2) is 47.5 Å². The molecule has 1 rings (SSSR count). The van der Waals surface area contributed by atoms with Crippen molar-refractivity contribution >= 4 is 17.6 Å². The number of nitro groups is 1. The Labute approximate surface area is 108 Å². The van der Waals surface area contributed by atoms with Crippen molar-refractivity contribution in [2.75, 3.05) is 20.7 Å². The number of hydrogen-bond donors (Lipinski definition) is 1. The SMILES string of the molecule is COc1cc(C(=O)N(C)CC(=O)O)ccc1[N+](=O)[O-]. The van der Waals surface area contributed by atoms with E-state index in [-0.39, 0.29) is 17.0 Å². The van der Waals surface area contributed by atoms with Crippen LogP contribution in [0.25, 0.3) is 0 Å². The zero-order valence-electron chi connectivity index (χ0n) is 10.3. The number of nitrogens with zero attached hydrogens (tertiary/aromatic N) is 2. The number of likely N-dealkylation sites (N-methyl/N-ethyl adjacent to an activating group) is 1. The Morgan fingerprint density at radius 1 is 1.47 bits per heavy atom. The highest BCUT2D eigenvalue weighted by molar-refractivity contribution is 5.96. The Kier molecular flexibility index (Phi) is 4.41. The number of benzene rings is 1. The molecule has 0 atom stereocenters. The average Bonchev–Trinajstić information content (AvgIpc) is 2.36. The molecular weight excluding hydrogens is 256 g/mol. The van der Waals surface area contributed by atoms with Gasteiger partial charge in [-0.05, 0) is 6.07 Å². The number of nitro benzene ring substituents is 1. The van der Waals surface area contributed by atoms with Gasteiger partial charge in [0.25, 0.3) is 5.91 Å². The first-order chi connectivity index (χ1) is 8.86. The lowest BCUT2D eigenvalue weighted by Crippen LogP contribution is -2.31. The van der Waals surface area contributed by atoms with Crippen LogP contribution >= 0.6 is 0 Å². The molecule has 102 valence electrons. The van der Waals surface area contributed by atoms with Gasteiger partial charge in [0, 0.05) is 24.7 Å². The van der Waals surface area contributed by atoms with Crippen molar-refractivity contribution in [3.63, 3.8) is 0 Å². The summed E-state index contributed by atoms with van der Waals surface area (Å²) in [5.41, 5.74) is -0.147. The molecule has 0 aliphatic carbocycles. The second kappa shape index (κ2) is 5.80. The van der Waals surface area contributed by atoms with E-state index in [4.69, 9.17) is 9.84 Å². The van der Waals surface area contributed by atoms with Crippen molar-refractivity contribution in [1.82, 2.24) is 4.90 Å². The highest BCUT2D eigenvalue weighted by atomic mass is 16.6. The summed E-state index contributed by atoms with van der Waals surface area (Å²) in [6, 6.07) is 3.60. The summed E-state index contributed by atoms with van der Waals surface area (Å²) in [4.78, 5) is 33.4. The number of methoxy groups -OCH3 is 1. The van der Waals surface area contributed by atoms with Crippen LogP contribution in [-0.2, 0) is 4.79 Å². The lowest BCUT2D eigenvalue weighted by Gasteiger charge is -2.14. The van der Waals surface area contributed by atoms with Gasteiger partial charge >= 0.3 is 11.7 Å². The average molecular weight is 268 g/mol. The molecule has 0 fully saturated rings. The fourth-order valence-electron chi connectivity index (χ4n) is 1.46. The third-order valence-electron chi connectivity index (χ3n) is 2.34. The van der Waals surface area contributed by atoms with Crippen molar-refractivity contribution < 1.29 is 24.4 Å². The smallest absolute Gasteiger partial charge is 0.323 e. The molecule has 19 heavy (non-hydrogen) atoms. The maximum atomic E-state index is 11.9. The van der Waals surface area contributed by atoms with Gasteiger partial charge in [0.05, 0.1) is 12.0 Å². The Bertz CT molecular complexity index is 528. The van der Waals surface area contributed by atoms with Gasteiger partial charge in [0.1, 0.15) is 6.54 Å². The summed E-state index contributed by atoms with van der Waals surface area (Å²) >= 11 is 0. The topological polar surface area (TPSA) is 110 Å². The summed E-state index contributed by atoms with van der Waals surface area (Å²) in [6.45, 7) is -0.460. The molecule has 0 aliphatic heterocycles. The molecule has 0 heterocycles. The monoisotopic (exact) mass is 268 g/mol. The van der Waals surface area contributed by atoms with Gasteiger partial charge < -0.3 is 14.7 Å². The van der Waals surface area contributed by atoms with E-state index in [1.165, 1.54) is 26.3 Å². The summed E-state index contributed by atoms with van der Waals surface area (Å²) in [7, 11) is 2.57. The van der Waals surface area contributed by atoms with E-state index in [0.717, 1.165) is 11.0 Å². The minimum atomic E-state index is -1.15.